The van der Waals surface area contributed by atoms with Gasteiger partial charge >= 0.3 is 0 Å². The summed E-state index contributed by atoms with van der Waals surface area (Å²) in [5.74, 6) is 2.59. The fraction of sp³-hybridized carbons (Fsp3) is 0.750. The van der Waals surface area contributed by atoms with Gasteiger partial charge in [0.1, 0.15) is 0 Å². The summed E-state index contributed by atoms with van der Waals surface area (Å²) in [7, 11) is 0. The van der Waals surface area contributed by atoms with E-state index in [0.29, 0.717) is 12.0 Å². The van der Waals surface area contributed by atoms with E-state index in [1.165, 1.54) is 12.8 Å². The molecule has 0 saturated heterocycles. The van der Waals surface area contributed by atoms with Gasteiger partial charge in [0.15, 0.2) is 0 Å². The number of imidazole rings is 1. The first kappa shape index (κ1) is 10.5. The standard InChI is InChI=1S/C12H21N3/c1-9(2)8-15-5-4-13-12(15)14-11-6-10(3)7-11/h4-5,9-11H,6-8H2,1-3H3,(H,13,14). The van der Waals surface area contributed by atoms with Crippen molar-refractivity contribution >= 4 is 5.95 Å². The predicted octanol–water partition coefficient (Wildman–Crippen LogP) is 2.75. The zero-order chi connectivity index (χ0) is 10.8. The van der Waals surface area contributed by atoms with Crippen molar-refractivity contribution in [2.24, 2.45) is 11.8 Å². The van der Waals surface area contributed by atoms with Crippen LogP contribution in [0.5, 0.6) is 0 Å². The largest absolute Gasteiger partial charge is 0.353 e. The number of nitrogens with one attached hydrogen (secondary N) is 1. The van der Waals surface area contributed by atoms with Gasteiger partial charge in [0.05, 0.1) is 0 Å². The molecule has 1 heterocycles. The number of anilines is 1. The zero-order valence-electron chi connectivity index (χ0n) is 9.90. The molecule has 1 fully saturated rings. The molecule has 1 aliphatic carbocycles. The molecule has 84 valence electrons. The minimum absolute atomic E-state index is 0.647. The van der Waals surface area contributed by atoms with Crippen LogP contribution < -0.4 is 5.32 Å². The third-order valence-electron chi connectivity index (χ3n) is 2.98. The molecule has 0 radical (unpaired) electrons. The Morgan fingerprint density at radius 3 is 2.87 bits per heavy atom. The third kappa shape index (κ3) is 2.52. The van der Waals surface area contributed by atoms with Crippen LogP contribution in [0.15, 0.2) is 12.4 Å². The van der Waals surface area contributed by atoms with Crippen LogP contribution in [-0.2, 0) is 6.54 Å². The van der Waals surface area contributed by atoms with Gasteiger partial charge in [-0.2, -0.15) is 0 Å². The van der Waals surface area contributed by atoms with E-state index in [1.807, 2.05) is 6.20 Å². The predicted molar refractivity (Wildman–Crippen MR) is 62.9 cm³/mol. The minimum atomic E-state index is 0.647. The molecule has 1 N–H and O–H groups in total. The van der Waals surface area contributed by atoms with Crippen molar-refractivity contribution in [3.63, 3.8) is 0 Å². The van der Waals surface area contributed by atoms with E-state index < -0.39 is 0 Å². The summed E-state index contributed by atoms with van der Waals surface area (Å²) < 4.78 is 2.22. The fourth-order valence-electron chi connectivity index (χ4n) is 2.19. The average molecular weight is 207 g/mol. The lowest BCUT2D eigenvalue weighted by atomic mass is 9.82. The summed E-state index contributed by atoms with van der Waals surface area (Å²) in [6, 6.07) is 0.647. The number of nitrogens with zero attached hydrogens (tertiary/aromatic N) is 2. The van der Waals surface area contributed by atoms with Crippen LogP contribution in [0.25, 0.3) is 0 Å². The van der Waals surface area contributed by atoms with Gasteiger partial charge in [0, 0.05) is 25.0 Å². The highest BCUT2D eigenvalue weighted by Gasteiger charge is 2.25. The number of hydrogen-bond acceptors (Lipinski definition) is 2. The van der Waals surface area contributed by atoms with Crippen molar-refractivity contribution < 1.29 is 0 Å². The van der Waals surface area contributed by atoms with Gasteiger partial charge in [0.25, 0.3) is 0 Å². The van der Waals surface area contributed by atoms with Crippen LogP contribution in [-0.4, -0.2) is 15.6 Å². The van der Waals surface area contributed by atoms with Crippen molar-refractivity contribution in [2.75, 3.05) is 5.32 Å². The molecular formula is C12H21N3. The molecule has 0 bridgehead atoms. The van der Waals surface area contributed by atoms with Gasteiger partial charge in [-0.25, -0.2) is 4.98 Å². The first-order valence-electron chi connectivity index (χ1n) is 5.93. The Morgan fingerprint density at radius 1 is 1.53 bits per heavy atom. The van der Waals surface area contributed by atoms with E-state index in [4.69, 9.17) is 0 Å². The summed E-state index contributed by atoms with van der Waals surface area (Å²) in [5, 5.41) is 3.51. The molecule has 0 atom stereocenters. The average Bonchev–Trinajstić information content (AvgIpc) is 2.49. The second kappa shape index (κ2) is 4.25. The molecular weight excluding hydrogens is 186 g/mol. The van der Waals surface area contributed by atoms with Crippen LogP contribution in [0.3, 0.4) is 0 Å². The highest BCUT2D eigenvalue weighted by Crippen LogP contribution is 2.29. The second-order valence-electron chi connectivity index (χ2n) is 5.21. The van der Waals surface area contributed by atoms with Gasteiger partial charge in [-0.3, -0.25) is 0 Å². The lowest BCUT2D eigenvalue weighted by Gasteiger charge is -2.33. The third-order valence-corrected chi connectivity index (χ3v) is 2.98. The molecule has 0 amide bonds. The maximum absolute atomic E-state index is 4.37. The van der Waals surface area contributed by atoms with E-state index in [0.717, 1.165) is 18.4 Å². The van der Waals surface area contributed by atoms with E-state index >= 15 is 0 Å². The molecule has 3 heteroatoms. The molecule has 1 aromatic heterocycles. The number of rotatable bonds is 4. The highest BCUT2D eigenvalue weighted by molar-refractivity contribution is 5.28. The van der Waals surface area contributed by atoms with Crippen LogP contribution in [0.2, 0.25) is 0 Å². The summed E-state index contributed by atoms with van der Waals surface area (Å²) >= 11 is 0. The normalized spacial score (nSPS) is 25.3. The van der Waals surface area contributed by atoms with Gasteiger partial charge < -0.3 is 9.88 Å². The molecule has 0 spiro atoms. The summed E-state index contributed by atoms with van der Waals surface area (Å²) in [6.45, 7) is 7.81. The monoisotopic (exact) mass is 207 g/mol. The van der Waals surface area contributed by atoms with Crippen molar-refractivity contribution in [3.8, 4) is 0 Å². The van der Waals surface area contributed by atoms with Gasteiger partial charge in [0.2, 0.25) is 5.95 Å². The lowest BCUT2D eigenvalue weighted by Crippen LogP contribution is -2.34. The summed E-state index contributed by atoms with van der Waals surface area (Å²) in [6.07, 6.45) is 6.51. The SMILES string of the molecule is CC(C)Cn1ccnc1NC1CC(C)C1. The Labute approximate surface area is 91.9 Å². The van der Waals surface area contributed by atoms with Crippen molar-refractivity contribution in [2.45, 2.75) is 46.2 Å². The van der Waals surface area contributed by atoms with Gasteiger partial charge in [-0.15, -0.1) is 0 Å². The molecule has 0 unspecified atom stereocenters. The highest BCUT2D eigenvalue weighted by atomic mass is 15.2. The Morgan fingerprint density at radius 2 is 2.27 bits per heavy atom. The quantitative estimate of drug-likeness (QED) is 0.822. The van der Waals surface area contributed by atoms with Gasteiger partial charge in [-0.05, 0) is 24.7 Å². The van der Waals surface area contributed by atoms with Crippen molar-refractivity contribution in [1.29, 1.82) is 0 Å². The molecule has 1 aliphatic rings. The maximum atomic E-state index is 4.37. The van der Waals surface area contributed by atoms with Crippen molar-refractivity contribution in [1.82, 2.24) is 9.55 Å². The van der Waals surface area contributed by atoms with Gasteiger partial charge in [-0.1, -0.05) is 20.8 Å². The maximum Gasteiger partial charge on any atom is 0.202 e. The topological polar surface area (TPSA) is 29.9 Å². The molecule has 15 heavy (non-hydrogen) atoms. The summed E-state index contributed by atoms with van der Waals surface area (Å²) in [5.41, 5.74) is 0. The molecule has 1 aromatic rings. The van der Waals surface area contributed by atoms with E-state index in [-0.39, 0.29) is 0 Å². The molecule has 0 aliphatic heterocycles. The molecule has 1 saturated carbocycles. The van der Waals surface area contributed by atoms with E-state index in [9.17, 15) is 0 Å². The summed E-state index contributed by atoms with van der Waals surface area (Å²) in [4.78, 5) is 4.37. The number of aromatic nitrogens is 2. The Kier molecular flexibility index (Phi) is 2.98. The lowest BCUT2D eigenvalue weighted by molar-refractivity contribution is 0.307. The van der Waals surface area contributed by atoms with Crippen LogP contribution in [0, 0.1) is 11.8 Å². The fourth-order valence-corrected chi connectivity index (χ4v) is 2.19. The van der Waals surface area contributed by atoms with Crippen molar-refractivity contribution in [3.05, 3.63) is 12.4 Å². The first-order valence-corrected chi connectivity index (χ1v) is 5.93. The molecule has 3 nitrogen and oxygen atoms in total. The van der Waals surface area contributed by atoms with Crippen LogP contribution in [0.4, 0.5) is 5.95 Å². The number of hydrogen-bond donors (Lipinski definition) is 1. The van der Waals surface area contributed by atoms with Crippen LogP contribution >= 0.6 is 0 Å². The molecule has 2 rings (SSSR count). The van der Waals surface area contributed by atoms with E-state index in [2.05, 4.69) is 41.8 Å². The van der Waals surface area contributed by atoms with E-state index in [1.54, 1.807) is 0 Å². The Hall–Kier alpha value is -0.990. The second-order valence-corrected chi connectivity index (χ2v) is 5.21. The smallest absolute Gasteiger partial charge is 0.202 e. The first-order chi connectivity index (χ1) is 7.15. The minimum Gasteiger partial charge on any atom is -0.353 e. The van der Waals surface area contributed by atoms with Crippen LogP contribution in [0.1, 0.15) is 33.6 Å². The Bertz CT molecular complexity index is 310. The Balaban J connectivity index is 1.93. The zero-order valence-corrected chi connectivity index (χ0v) is 9.90. The molecule has 0 aromatic carbocycles.